The van der Waals surface area contributed by atoms with Crippen LogP contribution in [0.5, 0.6) is 5.75 Å². The van der Waals surface area contributed by atoms with Gasteiger partial charge in [0.1, 0.15) is 11.8 Å². The van der Waals surface area contributed by atoms with E-state index in [9.17, 15) is 9.59 Å². The van der Waals surface area contributed by atoms with Crippen molar-refractivity contribution in [1.29, 1.82) is 0 Å². The Balaban J connectivity index is 2.19. The predicted octanol–water partition coefficient (Wildman–Crippen LogP) is 4.26. The lowest BCUT2D eigenvalue weighted by atomic mass is 10.1. The van der Waals surface area contributed by atoms with Crippen LogP contribution < -0.4 is 10.1 Å². The minimum Gasteiger partial charge on any atom is -0.484 e. The summed E-state index contributed by atoms with van der Waals surface area (Å²) in [5.74, 6) is 0.698. The number of nitrogens with one attached hydrogen (secondary N) is 1. The molecule has 0 heterocycles. The molecule has 0 aliphatic rings. The third kappa shape index (κ3) is 6.90. The highest BCUT2D eigenvalue weighted by atomic mass is 16.5. The minimum absolute atomic E-state index is 0.106. The van der Waals surface area contributed by atoms with Crippen molar-refractivity contribution < 1.29 is 14.3 Å². The Kier molecular flexibility index (Phi) is 8.90. The van der Waals surface area contributed by atoms with Crippen molar-refractivity contribution in [1.82, 2.24) is 10.2 Å². The van der Waals surface area contributed by atoms with E-state index in [1.165, 1.54) is 0 Å². The van der Waals surface area contributed by atoms with Crippen molar-refractivity contribution in [2.24, 2.45) is 5.92 Å². The fourth-order valence-electron chi connectivity index (χ4n) is 3.17. The van der Waals surface area contributed by atoms with Crippen LogP contribution in [0.3, 0.4) is 0 Å². The molecule has 0 bridgehead atoms. The molecule has 2 aromatic rings. The summed E-state index contributed by atoms with van der Waals surface area (Å²) in [6, 6.07) is 15.1. The van der Waals surface area contributed by atoms with Crippen LogP contribution in [0.2, 0.25) is 0 Å². The average molecular weight is 411 g/mol. The summed E-state index contributed by atoms with van der Waals surface area (Å²) in [6.07, 6.45) is 0.534. The topological polar surface area (TPSA) is 58.6 Å². The van der Waals surface area contributed by atoms with Gasteiger partial charge in [-0.2, -0.15) is 0 Å². The minimum atomic E-state index is -0.543. The monoisotopic (exact) mass is 410 g/mol. The Labute approximate surface area is 180 Å². The van der Waals surface area contributed by atoms with Crippen LogP contribution in [0, 0.1) is 19.8 Å². The van der Waals surface area contributed by atoms with Crippen molar-refractivity contribution in [2.45, 2.75) is 53.6 Å². The molecule has 5 heteroatoms. The maximum atomic E-state index is 13.2. The Hall–Kier alpha value is -2.82. The average Bonchev–Trinajstić information content (AvgIpc) is 2.72. The van der Waals surface area contributed by atoms with E-state index in [1.807, 2.05) is 83.1 Å². The molecular formula is C25H34N2O3. The molecule has 0 radical (unpaired) electrons. The van der Waals surface area contributed by atoms with E-state index in [0.717, 1.165) is 16.7 Å². The molecule has 162 valence electrons. The van der Waals surface area contributed by atoms with Crippen molar-refractivity contribution >= 4 is 11.8 Å². The van der Waals surface area contributed by atoms with Crippen LogP contribution in [-0.4, -0.2) is 35.9 Å². The van der Waals surface area contributed by atoms with Crippen LogP contribution in [0.25, 0.3) is 0 Å². The number of nitrogens with zero attached hydrogens (tertiary/aromatic N) is 1. The molecule has 1 N–H and O–H groups in total. The number of carbonyl (C=O) groups is 2. The molecule has 0 aliphatic carbocycles. The Morgan fingerprint density at radius 1 is 1.03 bits per heavy atom. The maximum Gasteiger partial charge on any atom is 0.261 e. The number of aryl methyl sites for hydroxylation is 2. The second-order valence-corrected chi connectivity index (χ2v) is 8.12. The molecule has 0 fully saturated rings. The first-order valence-corrected chi connectivity index (χ1v) is 10.6. The quantitative estimate of drug-likeness (QED) is 0.637. The van der Waals surface area contributed by atoms with Gasteiger partial charge in [-0.25, -0.2) is 0 Å². The molecule has 2 amide bonds. The lowest BCUT2D eigenvalue weighted by Gasteiger charge is -2.31. The second kappa shape index (κ2) is 11.4. The first kappa shape index (κ1) is 23.5. The van der Waals surface area contributed by atoms with E-state index in [1.54, 1.807) is 4.90 Å². The number of ether oxygens (including phenoxy) is 1. The zero-order valence-electron chi connectivity index (χ0n) is 18.8. The van der Waals surface area contributed by atoms with Crippen molar-refractivity contribution in [3.8, 4) is 5.75 Å². The number of benzene rings is 2. The van der Waals surface area contributed by atoms with Gasteiger partial charge in [0.2, 0.25) is 5.91 Å². The summed E-state index contributed by atoms with van der Waals surface area (Å²) >= 11 is 0. The summed E-state index contributed by atoms with van der Waals surface area (Å²) in [5.41, 5.74) is 3.11. The third-order valence-electron chi connectivity index (χ3n) is 4.99. The molecule has 30 heavy (non-hydrogen) atoms. The first-order valence-electron chi connectivity index (χ1n) is 10.6. The van der Waals surface area contributed by atoms with E-state index in [-0.39, 0.29) is 18.4 Å². The van der Waals surface area contributed by atoms with Gasteiger partial charge in [-0.1, -0.05) is 68.8 Å². The molecule has 2 aromatic carbocycles. The maximum absolute atomic E-state index is 13.2. The van der Waals surface area contributed by atoms with Gasteiger partial charge in [-0.3, -0.25) is 9.59 Å². The van der Waals surface area contributed by atoms with Gasteiger partial charge in [-0.15, -0.1) is 0 Å². The highest BCUT2D eigenvalue weighted by Gasteiger charge is 2.29. The number of rotatable bonds is 10. The molecule has 0 saturated heterocycles. The van der Waals surface area contributed by atoms with Gasteiger partial charge in [0.25, 0.3) is 5.91 Å². The highest BCUT2D eigenvalue weighted by molar-refractivity contribution is 5.88. The predicted molar refractivity (Wildman–Crippen MR) is 120 cm³/mol. The Morgan fingerprint density at radius 2 is 1.70 bits per heavy atom. The largest absolute Gasteiger partial charge is 0.484 e. The lowest BCUT2D eigenvalue weighted by molar-refractivity contribution is -0.143. The number of amides is 2. The molecule has 0 spiro atoms. The van der Waals surface area contributed by atoms with Gasteiger partial charge < -0.3 is 15.0 Å². The first-order chi connectivity index (χ1) is 14.3. The molecule has 0 aliphatic heterocycles. The molecule has 0 aromatic heterocycles. The summed E-state index contributed by atoms with van der Waals surface area (Å²) < 4.78 is 5.79. The summed E-state index contributed by atoms with van der Waals surface area (Å²) in [4.78, 5) is 27.7. The molecular weight excluding hydrogens is 376 g/mol. The molecule has 0 saturated carbocycles. The number of para-hydroxylation sites is 1. The summed E-state index contributed by atoms with van der Waals surface area (Å²) in [7, 11) is 0. The number of hydrogen-bond acceptors (Lipinski definition) is 3. The zero-order chi connectivity index (χ0) is 22.1. The van der Waals surface area contributed by atoms with Gasteiger partial charge in [0.05, 0.1) is 0 Å². The lowest BCUT2D eigenvalue weighted by Crippen LogP contribution is -2.50. The van der Waals surface area contributed by atoms with E-state index < -0.39 is 6.04 Å². The molecule has 2 rings (SSSR count). The zero-order valence-corrected chi connectivity index (χ0v) is 18.8. The Morgan fingerprint density at radius 3 is 2.30 bits per heavy atom. The van der Waals surface area contributed by atoms with Crippen LogP contribution >= 0.6 is 0 Å². The fourth-order valence-corrected chi connectivity index (χ4v) is 3.17. The summed E-state index contributed by atoms with van der Waals surface area (Å²) in [5, 5.41) is 2.97. The second-order valence-electron chi connectivity index (χ2n) is 8.12. The normalized spacial score (nSPS) is 11.8. The molecule has 1 atom stereocenters. The van der Waals surface area contributed by atoms with E-state index >= 15 is 0 Å². The van der Waals surface area contributed by atoms with Crippen LogP contribution in [0.4, 0.5) is 0 Å². The standard InChI is InChI=1S/C25H34N2O3/c1-6-22(25(29)26-15-18(2)3)27(16-21-13-11-19(4)12-14-21)24(28)17-30-23-10-8-7-9-20(23)5/h7-14,18,22H,6,15-17H2,1-5H3,(H,26,29)/t22-/m1/s1. The smallest absolute Gasteiger partial charge is 0.261 e. The van der Waals surface area contributed by atoms with Gasteiger partial charge >= 0.3 is 0 Å². The van der Waals surface area contributed by atoms with Crippen molar-refractivity contribution in [2.75, 3.05) is 13.2 Å². The SMILES string of the molecule is CC[C@H](C(=O)NCC(C)C)N(Cc1ccc(C)cc1)C(=O)COc1ccccc1C. The fraction of sp³-hybridized carbons (Fsp3) is 0.440. The van der Waals surface area contributed by atoms with Crippen LogP contribution in [0.1, 0.15) is 43.9 Å². The Bertz CT molecular complexity index is 831. The number of carbonyl (C=O) groups excluding carboxylic acids is 2. The van der Waals surface area contributed by atoms with Gasteiger partial charge in [-0.05, 0) is 43.4 Å². The van der Waals surface area contributed by atoms with Crippen LogP contribution in [-0.2, 0) is 16.1 Å². The highest BCUT2D eigenvalue weighted by Crippen LogP contribution is 2.18. The van der Waals surface area contributed by atoms with Crippen LogP contribution in [0.15, 0.2) is 48.5 Å². The van der Waals surface area contributed by atoms with Crippen molar-refractivity contribution in [3.63, 3.8) is 0 Å². The molecule has 0 unspecified atom stereocenters. The van der Waals surface area contributed by atoms with E-state index in [2.05, 4.69) is 5.32 Å². The van der Waals surface area contributed by atoms with Gasteiger partial charge in [0, 0.05) is 13.1 Å². The summed E-state index contributed by atoms with van der Waals surface area (Å²) in [6.45, 7) is 10.8. The van der Waals surface area contributed by atoms with E-state index in [0.29, 0.717) is 31.2 Å². The van der Waals surface area contributed by atoms with E-state index in [4.69, 9.17) is 4.74 Å². The molecule has 5 nitrogen and oxygen atoms in total. The third-order valence-corrected chi connectivity index (χ3v) is 4.99. The van der Waals surface area contributed by atoms with Gasteiger partial charge in [0.15, 0.2) is 6.61 Å². The van der Waals surface area contributed by atoms with Crippen molar-refractivity contribution in [3.05, 3.63) is 65.2 Å². The number of hydrogen-bond donors (Lipinski definition) is 1.